The summed E-state index contributed by atoms with van der Waals surface area (Å²) in [6.07, 6.45) is -4.79. The number of ether oxygens (including phenoxy) is 1. The molecule has 1 atom stereocenters. The maximum atomic E-state index is 12.2. The van der Waals surface area contributed by atoms with E-state index >= 15 is 0 Å². The Morgan fingerprint density at radius 3 is 2.80 bits per heavy atom. The Hall–Kier alpha value is -1.94. The fourth-order valence-electron chi connectivity index (χ4n) is 2.18. The van der Waals surface area contributed by atoms with Gasteiger partial charge in [0.25, 0.3) is 0 Å². The number of hydrogen-bond acceptors (Lipinski definition) is 4. The van der Waals surface area contributed by atoms with Crippen molar-refractivity contribution in [1.82, 2.24) is 5.32 Å². The normalized spacial score (nSPS) is 19.6. The van der Waals surface area contributed by atoms with E-state index in [9.17, 15) is 13.2 Å². The molecule has 1 aliphatic rings. The molecule has 108 valence electrons. The predicted molar refractivity (Wildman–Crippen MR) is 67.5 cm³/mol. The first kappa shape index (κ1) is 14.5. The van der Waals surface area contributed by atoms with E-state index in [4.69, 9.17) is 5.26 Å². The molecule has 1 fully saturated rings. The number of anilines is 1. The van der Waals surface area contributed by atoms with Crippen LogP contribution in [-0.2, 0) is 0 Å². The summed E-state index contributed by atoms with van der Waals surface area (Å²) in [5.41, 5.74) is 0.607. The standard InChI is InChI=1S/C13H14F3N3O/c1-9-8-19(5-4-18-9)11-2-3-12(10(6-11)7-17)20-13(14,15)16/h2-3,6,9,18H,4-5,8H2,1H3/t9-/m1/s1. The minimum atomic E-state index is -4.79. The Bertz CT molecular complexity index is 525. The number of halogens is 3. The van der Waals surface area contributed by atoms with Crippen LogP contribution < -0.4 is 15.0 Å². The fourth-order valence-corrected chi connectivity index (χ4v) is 2.18. The molecule has 7 heteroatoms. The molecule has 1 aromatic carbocycles. The Morgan fingerprint density at radius 2 is 2.20 bits per heavy atom. The molecule has 20 heavy (non-hydrogen) atoms. The highest BCUT2D eigenvalue weighted by molar-refractivity contribution is 5.57. The largest absolute Gasteiger partial charge is 0.573 e. The summed E-state index contributed by atoms with van der Waals surface area (Å²) in [6.45, 7) is 4.31. The van der Waals surface area contributed by atoms with Crippen LogP contribution in [0.3, 0.4) is 0 Å². The average Bonchev–Trinajstić information content (AvgIpc) is 2.37. The molecular formula is C13H14F3N3O. The average molecular weight is 285 g/mol. The first-order valence-electron chi connectivity index (χ1n) is 6.17. The van der Waals surface area contributed by atoms with Gasteiger partial charge in [0.05, 0.1) is 5.56 Å². The molecule has 1 aromatic rings. The summed E-state index contributed by atoms with van der Waals surface area (Å²) in [6, 6.07) is 6.19. The third kappa shape index (κ3) is 3.54. The number of rotatable bonds is 2. The van der Waals surface area contributed by atoms with Gasteiger partial charge >= 0.3 is 6.36 Å². The molecule has 0 radical (unpaired) electrons. The molecular weight excluding hydrogens is 271 g/mol. The highest BCUT2D eigenvalue weighted by atomic mass is 19.4. The van der Waals surface area contributed by atoms with E-state index in [2.05, 4.69) is 10.1 Å². The van der Waals surface area contributed by atoms with E-state index in [1.54, 1.807) is 12.1 Å². The number of alkyl halides is 3. The van der Waals surface area contributed by atoms with Gasteiger partial charge in [-0.25, -0.2) is 0 Å². The van der Waals surface area contributed by atoms with Crippen molar-refractivity contribution in [3.63, 3.8) is 0 Å². The molecule has 0 aliphatic carbocycles. The van der Waals surface area contributed by atoms with Crippen molar-refractivity contribution in [2.45, 2.75) is 19.3 Å². The molecule has 0 bridgehead atoms. The van der Waals surface area contributed by atoms with Gasteiger partial charge in [-0.2, -0.15) is 5.26 Å². The zero-order valence-corrected chi connectivity index (χ0v) is 10.9. The van der Waals surface area contributed by atoms with Gasteiger partial charge in [0, 0.05) is 31.4 Å². The Morgan fingerprint density at radius 1 is 1.45 bits per heavy atom. The second-order valence-corrected chi connectivity index (χ2v) is 4.64. The monoisotopic (exact) mass is 285 g/mol. The number of benzene rings is 1. The molecule has 1 N–H and O–H groups in total. The van der Waals surface area contributed by atoms with Crippen molar-refractivity contribution < 1.29 is 17.9 Å². The summed E-state index contributed by atoms with van der Waals surface area (Å²) in [5.74, 6) is -0.466. The Labute approximate surface area is 114 Å². The van der Waals surface area contributed by atoms with Crippen LogP contribution in [0.4, 0.5) is 18.9 Å². The van der Waals surface area contributed by atoms with E-state index in [0.29, 0.717) is 6.04 Å². The highest BCUT2D eigenvalue weighted by Gasteiger charge is 2.32. The topological polar surface area (TPSA) is 48.3 Å². The summed E-state index contributed by atoms with van der Waals surface area (Å²) >= 11 is 0. The maximum absolute atomic E-state index is 12.2. The van der Waals surface area contributed by atoms with Crippen LogP contribution in [0, 0.1) is 11.3 Å². The fraction of sp³-hybridized carbons (Fsp3) is 0.462. The van der Waals surface area contributed by atoms with E-state index in [-0.39, 0.29) is 5.56 Å². The van der Waals surface area contributed by atoms with Crippen LogP contribution in [-0.4, -0.2) is 32.0 Å². The minimum absolute atomic E-state index is 0.119. The van der Waals surface area contributed by atoms with Crippen molar-refractivity contribution in [1.29, 1.82) is 5.26 Å². The van der Waals surface area contributed by atoms with Crippen molar-refractivity contribution in [3.05, 3.63) is 23.8 Å². The van der Waals surface area contributed by atoms with Crippen LogP contribution in [0.1, 0.15) is 12.5 Å². The lowest BCUT2D eigenvalue weighted by Gasteiger charge is -2.33. The zero-order valence-electron chi connectivity index (χ0n) is 10.9. The molecule has 2 rings (SSSR count). The first-order chi connectivity index (χ1) is 9.39. The van der Waals surface area contributed by atoms with E-state index in [1.807, 2.05) is 11.8 Å². The summed E-state index contributed by atoms with van der Waals surface area (Å²) in [5, 5.41) is 12.2. The van der Waals surface area contributed by atoms with Crippen molar-refractivity contribution in [2.24, 2.45) is 0 Å². The van der Waals surface area contributed by atoms with Gasteiger partial charge in [0.2, 0.25) is 0 Å². The number of piperazine rings is 1. The molecule has 1 aliphatic heterocycles. The Balaban J connectivity index is 2.23. The molecule has 0 spiro atoms. The van der Waals surface area contributed by atoms with Gasteiger partial charge in [-0.15, -0.1) is 13.2 Å². The van der Waals surface area contributed by atoms with Gasteiger partial charge in [0.15, 0.2) is 0 Å². The molecule has 0 aromatic heterocycles. The van der Waals surface area contributed by atoms with Crippen molar-refractivity contribution in [2.75, 3.05) is 24.5 Å². The third-order valence-electron chi connectivity index (χ3n) is 3.04. The predicted octanol–water partition coefficient (Wildman–Crippen LogP) is 2.25. The third-order valence-corrected chi connectivity index (χ3v) is 3.04. The van der Waals surface area contributed by atoms with Gasteiger partial charge < -0.3 is 15.0 Å². The highest BCUT2D eigenvalue weighted by Crippen LogP contribution is 2.29. The Kier molecular flexibility index (Phi) is 4.04. The lowest BCUT2D eigenvalue weighted by Crippen LogP contribution is -2.49. The van der Waals surface area contributed by atoms with E-state index < -0.39 is 12.1 Å². The number of hydrogen-bond donors (Lipinski definition) is 1. The number of nitrogens with one attached hydrogen (secondary N) is 1. The van der Waals surface area contributed by atoms with Gasteiger partial charge in [-0.05, 0) is 25.1 Å². The van der Waals surface area contributed by atoms with Crippen LogP contribution in [0.5, 0.6) is 5.75 Å². The summed E-state index contributed by atoms with van der Waals surface area (Å²) in [7, 11) is 0. The molecule has 1 heterocycles. The van der Waals surface area contributed by atoms with E-state index in [1.165, 1.54) is 12.1 Å². The SMILES string of the molecule is C[C@@H]1CN(c2ccc(OC(F)(F)F)c(C#N)c2)CCN1. The lowest BCUT2D eigenvalue weighted by molar-refractivity contribution is -0.274. The summed E-state index contributed by atoms with van der Waals surface area (Å²) in [4.78, 5) is 2.03. The van der Waals surface area contributed by atoms with Crippen LogP contribution in [0.25, 0.3) is 0 Å². The van der Waals surface area contributed by atoms with Crippen LogP contribution in [0.2, 0.25) is 0 Å². The van der Waals surface area contributed by atoms with Crippen LogP contribution in [0.15, 0.2) is 18.2 Å². The van der Waals surface area contributed by atoms with Gasteiger partial charge in [-0.3, -0.25) is 0 Å². The molecule has 1 saturated heterocycles. The number of nitriles is 1. The van der Waals surface area contributed by atoms with E-state index in [0.717, 1.165) is 25.3 Å². The second kappa shape index (κ2) is 5.59. The second-order valence-electron chi connectivity index (χ2n) is 4.64. The van der Waals surface area contributed by atoms with Gasteiger partial charge in [0.1, 0.15) is 11.8 Å². The summed E-state index contributed by atoms with van der Waals surface area (Å²) < 4.78 is 40.5. The van der Waals surface area contributed by atoms with Crippen LogP contribution >= 0.6 is 0 Å². The zero-order chi connectivity index (χ0) is 14.8. The molecule has 0 saturated carbocycles. The van der Waals surface area contributed by atoms with Crippen molar-refractivity contribution in [3.8, 4) is 11.8 Å². The quantitative estimate of drug-likeness (QED) is 0.905. The van der Waals surface area contributed by atoms with Gasteiger partial charge in [-0.1, -0.05) is 0 Å². The molecule has 0 unspecified atom stereocenters. The first-order valence-corrected chi connectivity index (χ1v) is 6.17. The lowest BCUT2D eigenvalue weighted by atomic mass is 10.1. The maximum Gasteiger partial charge on any atom is 0.573 e. The molecule has 4 nitrogen and oxygen atoms in total. The molecule has 0 amide bonds. The minimum Gasteiger partial charge on any atom is -0.404 e. The smallest absolute Gasteiger partial charge is 0.404 e. The van der Waals surface area contributed by atoms with Crippen molar-refractivity contribution >= 4 is 5.69 Å². The number of nitrogens with zero attached hydrogens (tertiary/aromatic N) is 2.